The lowest BCUT2D eigenvalue weighted by atomic mass is 9.92. The van der Waals surface area contributed by atoms with E-state index in [4.69, 9.17) is 4.74 Å². The molecule has 206 valence electrons. The first kappa shape index (κ1) is 29.5. The second kappa shape index (κ2) is 13.1. The van der Waals surface area contributed by atoms with E-state index in [9.17, 15) is 28.0 Å². The number of carbonyl (C=O) groups excluding carboxylic acids is 1. The van der Waals surface area contributed by atoms with Crippen LogP contribution < -0.4 is 10.9 Å². The fourth-order valence-electron chi connectivity index (χ4n) is 4.60. The molecule has 2 aromatic carbocycles. The molecule has 0 aliphatic rings. The summed E-state index contributed by atoms with van der Waals surface area (Å²) in [6.07, 6.45) is -4.10. The van der Waals surface area contributed by atoms with Gasteiger partial charge in [-0.05, 0) is 49.4 Å². The number of nitrogens with one attached hydrogen (secondary N) is 1. The van der Waals surface area contributed by atoms with Crippen LogP contribution in [0, 0.1) is 25.2 Å². The number of amides is 1. The van der Waals surface area contributed by atoms with Gasteiger partial charge in [0.1, 0.15) is 18.2 Å². The minimum absolute atomic E-state index is 0.0276. The van der Waals surface area contributed by atoms with E-state index in [1.807, 2.05) is 69.3 Å². The lowest BCUT2D eigenvalue weighted by Crippen LogP contribution is -2.32. The number of ether oxygens (including phenoxy) is 1. The number of rotatable bonds is 10. The average Bonchev–Trinajstić information content (AvgIpc) is 2.89. The lowest BCUT2D eigenvalue weighted by Gasteiger charge is -2.24. The first-order chi connectivity index (χ1) is 18.5. The molecule has 1 atom stereocenters. The van der Waals surface area contributed by atoms with Gasteiger partial charge >= 0.3 is 12.3 Å². The van der Waals surface area contributed by atoms with Gasteiger partial charge in [0.25, 0.3) is 5.56 Å². The van der Waals surface area contributed by atoms with E-state index in [2.05, 4.69) is 5.32 Å². The van der Waals surface area contributed by atoms with E-state index in [-0.39, 0.29) is 31.8 Å². The van der Waals surface area contributed by atoms with Gasteiger partial charge in [-0.25, -0.2) is 4.79 Å². The Labute approximate surface area is 226 Å². The summed E-state index contributed by atoms with van der Waals surface area (Å²) in [5.41, 5.74) is 0.553. The Bertz CT molecular complexity index is 1390. The summed E-state index contributed by atoms with van der Waals surface area (Å²) >= 11 is 0. The maximum atomic E-state index is 13.9. The molecule has 3 rings (SSSR count). The summed E-state index contributed by atoms with van der Waals surface area (Å²) in [7, 11) is 0. The topological polar surface area (TPSA) is 84.1 Å². The number of alkyl carbamates (subject to hydrolysis) is 1. The normalized spacial score (nSPS) is 12.0. The second-order valence-electron chi connectivity index (χ2n) is 9.55. The highest BCUT2D eigenvalue weighted by molar-refractivity contribution is 5.67. The van der Waals surface area contributed by atoms with Crippen LogP contribution in [-0.2, 0) is 24.1 Å². The quantitative estimate of drug-likeness (QED) is 0.315. The zero-order chi connectivity index (χ0) is 28.6. The van der Waals surface area contributed by atoms with Crippen molar-refractivity contribution in [3.05, 3.63) is 104 Å². The van der Waals surface area contributed by atoms with Gasteiger partial charge in [0, 0.05) is 18.2 Å². The minimum atomic E-state index is -4.87. The standard InChI is InChI=1S/C30H32F3N3O3/c1-4-8-23(13-14-35-29(38)39-19-22-9-6-5-7-10-22)27-16-26(30(31,32)33)25(17-34)28(37)36(27)18-24-12-11-20(2)15-21(24)3/h5-7,9-12,15-16,23H,4,8,13-14,18-19H2,1-3H3,(H,35,38). The maximum Gasteiger partial charge on any atom is 0.417 e. The largest absolute Gasteiger partial charge is 0.445 e. The highest BCUT2D eigenvalue weighted by atomic mass is 19.4. The van der Waals surface area contributed by atoms with Gasteiger partial charge < -0.3 is 14.6 Å². The number of halogens is 3. The monoisotopic (exact) mass is 539 g/mol. The van der Waals surface area contributed by atoms with Crippen LogP contribution in [0.4, 0.5) is 18.0 Å². The Kier molecular flexibility index (Phi) is 9.94. The van der Waals surface area contributed by atoms with Crippen molar-refractivity contribution in [2.75, 3.05) is 6.54 Å². The summed E-state index contributed by atoms with van der Waals surface area (Å²) in [4.78, 5) is 25.5. The molecule has 1 N–H and O–H groups in total. The first-order valence-electron chi connectivity index (χ1n) is 12.8. The molecule has 9 heteroatoms. The number of benzene rings is 2. The highest BCUT2D eigenvalue weighted by Gasteiger charge is 2.37. The van der Waals surface area contributed by atoms with Crippen LogP contribution in [-0.4, -0.2) is 17.2 Å². The third-order valence-corrected chi connectivity index (χ3v) is 6.61. The molecule has 39 heavy (non-hydrogen) atoms. The lowest BCUT2D eigenvalue weighted by molar-refractivity contribution is -0.138. The smallest absolute Gasteiger partial charge is 0.417 e. The van der Waals surface area contributed by atoms with Crippen molar-refractivity contribution in [1.29, 1.82) is 5.26 Å². The molecule has 0 aliphatic heterocycles. The number of hydrogen-bond acceptors (Lipinski definition) is 4. The van der Waals surface area contributed by atoms with Crippen molar-refractivity contribution in [1.82, 2.24) is 9.88 Å². The van der Waals surface area contributed by atoms with Gasteiger partial charge in [-0.1, -0.05) is 67.4 Å². The Balaban J connectivity index is 1.92. The zero-order valence-corrected chi connectivity index (χ0v) is 22.3. The molecule has 3 aromatic rings. The molecular formula is C30H32F3N3O3. The van der Waals surface area contributed by atoms with Crippen LogP contribution in [0.25, 0.3) is 0 Å². The van der Waals surface area contributed by atoms with Gasteiger partial charge in [-0.3, -0.25) is 4.79 Å². The van der Waals surface area contributed by atoms with Crippen LogP contribution in [0.15, 0.2) is 59.4 Å². The Morgan fingerprint density at radius 2 is 1.82 bits per heavy atom. The first-order valence-corrected chi connectivity index (χ1v) is 12.8. The molecule has 0 aliphatic carbocycles. The number of pyridine rings is 1. The molecule has 0 saturated carbocycles. The fourth-order valence-corrected chi connectivity index (χ4v) is 4.60. The number of nitriles is 1. The molecule has 1 unspecified atom stereocenters. The summed E-state index contributed by atoms with van der Waals surface area (Å²) in [5, 5.41) is 12.1. The fraction of sp³-hybridized carbons (Fsp3) is 0.367. The molecule has 1 heterocycles. The van der Waals surface area contributed by atoms with E-state index in [1.54, 1.807) is 0 Å². The Morgan fingerprint density at radius 1 is 1.10 bits per heavy atom. The van der Waals surface area contributed by atoms with Crippen molar-refractivity contribution in [3.63, 3.8) is 0 Å². The third kappa shape index (κ3) is 7.73. The molecule has 0 saturated heterocycles. The van der Waals surface area contributed by atoms with Crippen molar-refractivity contribution >= 4 is 6.09 Å². The molecule has 1 aromatic heterocycles. The SMILES string of the molecule is CCCC(CCNC(=O)OCc1ccccc1)c1cc(C(F)(F)F)c(C#N)c(=O)n1Cc1ccc(C)cc1C. The van der Waals surface area contributed by atoms with Crippen LogP contribution in [0.2, 0.25) is 0 Å². The summed E-state index contributed by atoms with van der Waals surface area (Å²) < 4.78 is 48.3. The molecule has 0 spiro atoms. The average molecular weight is 540 g/mol. The van der Waals surface area contributed by atoms with Crippen molar-refractivity contribution in [3.8, 4) is 6.07 Å². The van der Waals surface area contributed by atoms with Crippen LogP contribution in [0.5, 0.6) is 0 Å². The predicted octanol–water partition coefficient (Wildman–Crippen LogP) is 6.60. The number of hydrogen-bond donors (Lipinski definition) is 1. The molecule has 0 bridgehead atoms. The number of nitrogens with zero attached hydrogens (tertiary/aromatic N) is 2. The van der Waals surface area contributed by atoms with Crippen molar-refractivity contribution in [2.24, 2.45) is 0 Å². The van der Waals surface area contributed by atoms with Crippen molar-refractivity contribution in [2.45, 2.75) is 65.3 Å². The third-order valence-electron chi connectivity index (χ3n) is 6.61. The summed E-state index contributed by atoms with van der Waals surface area (Å²) in [6.45, 7) is 5.95. The molecule has 0 fully saturated rings. The van der Waals surface area contributed by atoms with E-state index < -0.39 is 34.9 Å². The van der Waals surface area contributed by atoms with Gasteiger partial charge in [0.2, 0.25) is 0 Å². The van der Waals surface area contributed by atoms with Crippen LogP contribution in [0.3, 0.4) is 0 Å². The number of alkyl halides is 3. The van der Waals surface area contributed by atoms with Gasteiger partial charge in [-0.2, -0.15) is 18.4 Å². The van der Waals surface area contributed by atoms with Gasteiger partial charge in [0.05, 0.1) is 12.1 Å². The van der Waals surface area contributed by atoms with Crippen molar-refractivity contribution < 1.29 is 22.7 Å². The minimum Gasteiger partial charge on any atom is -0.445 e. The van der Waals surface area contributed by atoms with E-state index in [0.29, 0.717) is 12.8 Å². The Hall–Kier alpha value is -4.06. The highest BCUT2D eigenvalue weighted by Crippen LogP contribution is 2.34. The van der Waals surface area contributed by atoms with E-state index in [1.165, 1.54) is 10.6 Å². The molecule has 0 radical (unpaired) electrons. The van der Waals surface area contributed by atoms with Crippen LogP contribution in [0.1, 0.15) is 71.2 Å². The molecule has 6 nitrogen and oxygen atoms in total. The summed E-state index contributed by atoms with van der Waals surface area (Å²) in [5.74, 6) is -0.475. The van der Waals surface area contributed by atoms with Crippen LogP contribution >= 0.6 is 0 Å². The summed E-state index contributed by atoms with van der Waals surface area (Å²) in [6, 6.07) is 17.2. The second-order valence-corrected chi connectivity index (χ2v) is 9.55. The number of aryl methyl sites for hydroxylation is 2. The van der Waals surface area contributed by atoms with Gasteiger partial charge in [0.15, 0.2) is 0 Å². The maximum absolute atomic E-state index is 13.9. The number of carbonyl (C=O) groups is 1. The molecule has 1 amide bonds. The predicted molar refractivity (Wildman–Crippen MR) is 142 cm³/mol. The zero-order valence-electron chi connectivity index (χ0n) is 22.3. The van der Waals surface area contributed by atoms with Gasteiger partial charge in [-0.15, -0.1) is 0 Å². The van der Waals surface area contributed by atoms with E-state index >= 15 is 0 Å². The molecular weight excluding hydrogens is 507 g/mol. The Morgan fingerprint density at radius 3 is 2.44 bits per heavy atom. The number of aromatic nitrogens is 1. The van der Waals surface area contributed by atoms with E-state index in [0.717, 1.165) is 28.3 Å².